The molecule has 1 aliphatic carbocycles. The first-order chi connectivity index (χ1) is 8.78. The Morgan fingerprint density at radius 3 is 3.06 bits per heavy atom. The molecule has 1 aliphatic rings. The van der Waals surface area contributed by atoms with Crippen molar-refractivity contribution < 1.29 is 4.74 Å². The molecule has 18 heavy (non-hydrogen) atoms. The van der Waals surface area contributed by atoms with Gasteiger partial charge in [-0.15, -0.1) is 0 Å². The molecule has 1 aromatic heterocycles. The summed E-state index contributed by atoms with van der Waals surface area (Å²) in [4.78, 5) is 8.54. The summed E-state index contributed by atoms with van der Waals surface area (Å²) in [6.07, 6.45) is 3.95. The fourth-order valence-electron chi connectivity index (χ4n) is 1.83. The maximum absolute atomic E-state index is 5.80. The Morgan fingerprint density at radius 1 is 1.56 bits per heavy atom. The molecule has 0 atom stereocenters. The Hall–Kier alpha value is -1.78. The second-order valence-electron chi connectivity index (χ2n) is 4.55. The number of guanidine groups is 1. The van der Waals surface area contributed by atoms with E-state index in [1.54, 1.807) is 7.11 Å². The minimum Gasteiger partial charge on any atom is -0.481 e. The molecule has 3 N–H and O–H groups in total. The van der Waals surface area contributed by atoms with E-state index in [1.807, 2.05) is 18.2 Å². The molecule has 2 rings (SSSR count). The van der Waals surface area contributed by atoms with Gasteiger partial charge in [-0.25, -0.2) is 9.98 Å². The zero-order chi connectivity index (χ0) is 12.8. The Labute approximate surface area is 107 Å². The summed E-state index contributed by atoms with van der Waals surface area (Å²) in [5, 5.41) is 3.15. The summed E-state index contributed by atoms with van der Waals surface area (Å²) in [6, 6.07) is 5.62. The molecule has 1 saturated carbocycles. The largest absolute Gasteiger partial charge is 0.481 e. The van der Waals surface area contributed by atoms with Crippen molar-refractivity contribution >= 4 is 5.96 Å². The molecule has 1 aromatic rings. The molecule has 0 saturated heterocycles. The third-order valence-corrected chi connectivity index (χ3v) is 3.20. The van der Waals surface area contributed by atoms with E-state index < -0.39 is 0 Å². The van der Waals surface area contributed by atoms with Crippen LogP contribution in [0.3, 0.4) is 0 Å². The van der Waals surface area contributed by atoms with Gasteiger partial charge in [0.05, 0.1) is 19.3 Å². The third-order valence-electron chi connectivity index (χ3n) is 3.20. The zero-order valence-electron chi connectivity index (χ0n) is 10.7. The smallest absolute Gasteiger partial charge is 0.213 e. The van der Waals surface area contributed by atoms with Crippen molar-refractivity contribution in [2.45, 2.75) is 25.8 Å². The number of hydrogen-bond donors (Lipinski definition) is 2. The maximum atomic E-state index is 5.80. The fourth-order valence-corrected chi connectivity index (χ4v) is 1.83. The molecule has 98 valence electrons. The molecule has 5 heteroatoms. The quantitative estimate of drug-likeness (QED) is 0.608. The molecular formula is C13H20N4O. The molecule has 0 aliphatic heterocycles. The van der Waals surface area contributed by atoms with Gasteiger partial charge in [0.15, 0.2) is 5.96 Å². The number of aromatic nitrogens is 1. The van der Waals surface area contributed by atoms with Crippen molar-refractivity contribution in [2.24, 2.45) is 16.6 Å². The van der Waals surface area contributed by atoms with Gasteiger partial charge in [0.1, 0.15) is 0 Å². The topological polar surface area (TPSA) is 72.5 Å². The van der Waals surface area contributed by atoms with Gasteiger partial charge in [-0.05, 0) is 24.8 Å². The van der Waals surface area contributed by atoms with Crippen molar-refractivity contribution in [3.05, 3.63) is 23.9 Å². The van der Waals surface area contributed by atoms with E-state index in [9.17, 15) is 0 Å². The lowest BCUT2D eigenvalue weighted by Crippen LogP contribution is -2.37. The van der Waals surface area contributed by atoms with Crippen LogP contribution in [0.5, 0.6) is 5.88 Å². The normalized spacial score (nSPS) is 16.2. The first-order valence-electron chi connectivity index (χ1n) is 6.31. The number of hydrogen-bond acceptors (Lipinski definition) is 3. The van der Waals surface area contributed by atoms with Crippen LogP contribution in [-0.2, 0) is 6.54 Å². The van der Waals surface area contributed by atoms with Crippen molar-refractivity contribution in [1.82, 2.24) is 10.3 Å². The zero-order valence-corrected chi connectivity index (χ0v) is 10.7. The number of nitrogens with two attached hydrogens (primary N) is 1. The van der Waals surface area contributed by atoms with E-state index in [1.165, 1.54) is 19.3 Å². The molecule has 1 fully saturated rings. The first kappa shape index (κ1) is 12.7. The molecular weight excluding hydrogens is 228 g/mol. The lowest BCUT2D eigenvalue weighted by atomic mass is 9.85. The number of aliphatic imine (C=N–C) groups is 1. The van der Waals surface area contributed by atoms with Crippen LogP contribution in [0.25, 0.3) is 0 Å². The molecule has 0 unspecified atom stereocenters. The van der Waals surface area contributed by atoms with Gasteiger partial charge in [-0.3, -0.25) is 0 Å². The number of methoxy groups -OCH3 is 1. The molecule has 0 bridgehead atoms. The molecule has 1 heterocycles. The second kappa shape index (κ2) is 6.23. The van der Waals surface area contributed by atoms with E-state index in [-0.39, 0.29) is 0 Å². The van der Waals surface area contributed by atoms with Gasteiger partial charge >= 0.3 is 0 Å². The van der Waals surface area contributed by atoms with Crippen LogP contribution in [0.1, 0.15) is 25.0 Å². The van der Waals surface area contributed by atoms with Crippen LogP contribution in [-0.4, -0.2) is 24.6 Å². The van der Waals surface area contributed by atoms with Gasteiger partial charge in [0, 0.05) is 12.6 Å². The summed E-state index contributed by atoms with van der Waals surface area (Å²) in [6.45, 7) is 1.40. The predicted octanol–water partition coefficient (Wildman–Crippen LogP) is 1.29. The highest BCUT2D eigenvalue weighted by Gasteiger charge is 2.16. The SMILES string of the molecule is COc1cccc(CN=C(N)NCC2CCC2)n1. The third kappa shape index (κ3) is 3.61. The van der Waals surface area contributed by atoms with Crippen LogP contribution in [0, 0.1) is 5.92 Å². The van der Waals surface area contributed by atoms with Gasteiger partial charge in [0.2, 0.25) is 5.88 Å². The summed E-state index contributed by atoms with van der Waals surface area (Å²) < 4.78 is 5.06. The summed E-state index contributed by atoms with van der Waals surface area (Å²) in [5.41, 5.74) is 6.65. The number of nitrogens with zero attached hydrogens (tertiary/aromatic N) is 2. The van der Waals surface area contributed by atoms with Crippen LogP contribution >= 0.6 is 0 Å². The monoisotopic (exact) mass is 248 g/mol. The highest BCUT2D eigenvalue weighted by Crippen LogP contribution is 2.24. The number of ether oxygens (including phenoxy) is 1. The van der Waals surface area contributed by atoms with Gasteiger partial charge in [0.25, 0.3) is 0 Å². The van der Waals surface area contributed by atoms with Crippen molar-refractivity contribution in [3.63, 3.8) is 0 Å². The average Bonchev–Trinajstić information content (AvgIpc) is 2.35. The second-order valence-corrected chi connectivity index (χ2v) is 4.55. The fraction of sp³-hybridized carbons (Fsp3) is 0.538. The van der Waals surface area contributed by atoms with Crippen LogP contribution in [0.2, 0.25) is 0 Å². The minimum absolute atomic E-state index is 0.473. The highest BCUT2D eigenvalue weighted by molar-refractivity contribution is 5.77. The lowest BCUT2D eigenvalue weighted by molar-refractivity contribution is 0.315. The summed E-state index contributed by atoms with van der Waals surface area (Å²) >= 11 is 0. The standard InChI is InChI=1S/C13H20N4O/c1-18-12-7-3-6-11(17-12)9-16-13(14)15-8-10-4-2-5-10/h3,6-7,10H,2,4-5,8-9H2,1H3,(H3,14,15,16). The Kier molecular flexibility index (Phi) is 4.39. The van der Waals surface area contributed by atoms with Gasteiger partial charge < -0.3 is 15.8 Å². The van der Waals surface area contributed by atoms with Gasteiger partial charge in [-0.1, -0.05) is 12.5 Å². The van der Waals surface area contributed by atoms with E-state index >= 15 is 0 Å². The Bertz CT molecular complexity index is 415. The minimum atomic E-state index is 0.473. The maximum Gasteiger partial charge on any atom is 0.213 e. The van der Waals surface area contributed by atoms with E-state index in [0.717, 1.165) is 18.2 Å². The number of rotatable bonds is 5. The predicted molar refractivity (Wildman–Crippen MR) is 71.5 cm³/mol. The van der Waals surface area contributed by atoms with Crippen LogP contribution < -0.4 is 15.8 Å². The van der Waals surface area contributed by atoms with Crippen molar-refractivity contribution in [2.75, 3.05) is 13.7 Å². The summed E-state index contributed by atoms with van der Waals surface area (Å²) in [5.74, 6) is 1.86. The van der Waals surface area contributed by atoms with Crippen LogP contribution in [0.4, 0.5) is 0 Å². The van der Waals surface area contributed by atoms with Crippen molar-refractivity contribution in [1.29, 1.82) is 0 Å². The summed E-state index contributed by atoms with van der Waals surface area (Å²) in [7, 11) is 1.60. The first-order valence-corrected chi connectivity index (χ1v) is 6.31. The highest BCUT2D eigenvalue weighted by atomic mass is 16.5. The average molecular weight is 248 g/mol. The molecule has 0 aromatic carbocycles. The molecule has 5 nitrogen and oxygen atoms in total. The molecule has 0 spiro atoms. The van der Waals surface area contributed by atoms with E-state index in [2.05, 4.69) is 15.3 Å². The number of pyridine rings is 1. The van der Waals surface area contributed by atoms with Gasteiger partial charge in [-0.2, -0.15) is 0 Å². The number of nitrogens with one attached hydrogen (secondary N) is 1. The lowest BCUT2D eigenvalue weighted by Gasteiger charge is -2.25. The van der Waals surface area contributed by atoms with Crippen molar-refractivity contribution in [3.8, 4) is 5.88 Å². The van der Waals surface area contributed by atoms with Crippen LogP contribution in [0.15, 0.2) is 23.2 Å². The van der Waals surface area contributed by atoms with E-state index in [0.29, 0.717) is 18.4 Å². The Balaban J connectivity index is 1.80. The van der Waals surface area contributed by atoms with E-state index in [4.69, 9.17) is 10.5 Å². The molecule has 0 amide bonds. The molecule has 0 radical (unpaired) electrons. The Morgan fingerprint density at radius 2 is 2.39 bits per heavy atom.